The van der Waals surface area contributed by atoms with E-state index in [4.69, 9.17) is 4.74 Å². The molecule has 1 N–H and O–H groups in total. The monoisotopic (exact) mass is 337 g/mol. The molecule has 0 spiro atoms. The van der Waals surface area contributed by atoms with E-state index < -0.39 is 5.54 Å². The molecule has 2 heterocycles. The number of morpholine rings is 1. The minimum atomic E-state index is -0.662. The van der Waals surface area contributed by atoms with Crippen LogP contribution in [0, 0.1) is 0 Å². The molecule has 0 aromatic carbocycles. The van der Waals surface area contributed by atoms with Gasteiger partial charge in [-0.1, -0.05) is 12.8 Å². The number of nitrogens with zero attached hydrogens (tertiary/aromatic N) is 2. The first-order valence-electron chi connectivity index (χ1n) is 9.51. The van der Waals surface area contributed by atoms with Crippen LogP contribution in [0.3, 0.4) is 0 Å². The van der Waals surface area contributed by atoms with E-state index in [2.05, 4.69) is 10.2 Å². The average Bonchev–Trinajstić information content (AvgIpc) is 3.19. The van der Waals surface area contributed by atoms with Crippen LogP contribution in [0.4, 0.5) is 0 Å². The van der Waals surface area contributed by atoms with Crippen LogP contribution in [-0.2, 0) is 14.3 Å². The molecule has 24 heavy (non-hydrogen) atoms. The van der Waals surface area contributed by atoms with E-state index in [1.165, 1.54) is 12.8 Å². The summed E-state index contributed by atoms with van der Waals surface area (Å²) in [6, 6.07) is 0.306. The smallest absolute Gasteiger partial charge is 0.245 e. The lowest BCUT2D eigenvalue weighted by molar-refractivity contribution is -0.141. The van der Waals surface area contributed by atoms with Gasteiger partial charge in [0.2, 0.25) is 11.8 Å². The number of hydrogen-bond acceptors (Lipinski definition) is 4. The zero-order valence-electron chi connectivity index (χ0n) is 14.9. The van der Waals surface area contributed by atoms with Gasteiger partial charge in [-0.25, -0.2) is 0 Å². The van der Waals surface area contributed by atoms with Crippen molar-refractivity contribution in [1.82, 2.24) is 15.1 Å². The fourth-order valence-corrected chi connectivity index (χ4v) is 4.19. The molecule has 0 unspecified atom stereocenters. The summed E-state index contributed by atoms with van der Waals surface area (Å²) in [7, 11) is 0. The predicted octanol–water partition coefficient (Wildman–Crippen LogP) is 1.15. The van der Waals surface area contributed by atoms with Gasteiger partial charge in [0.25, 0.3) is 0 Å². The highest BCUT2D eigenvalue weighted by molar-refractivity contribution is 5.94. The minimum Gasteiger partial charge on any atom is -0.379 e. The Morgan fingerprint density at radius 1 is 1.25 bits per heavy atom. The number of amides is 2. The van der Waals surface area contributed by atoms with E-state index >= 15 is 0 Å². The van der Waals surface area contributed by atoms with Crippen LogP contribution in [0.25, 0.3) is 0 Å². The van der Waals surface area contributed by atoms with Crippen LogP contribution in [0.5, 0.6) is 0 Å². The lowest BCUT2D eigenvalue weighted by atomic mass is 9.96. The van der Waals surface area contributed by atoms with E-state index in [1.807, 2.05) is 11.8 Å². The van der Waals surface area contributed by atoms with Gasteiger partial charge in [0.1, 0.15) is 5.54 Å². The number of ether oxygens (including phenoxy) is 1. The lowest BCUT2D eigenvalue weighted by Crippen LogP contribution is -2.56. The zero-order valence-corrected chi connectivity index (χ0v) is 14.9. The Morgan fingerprint density at radius 2 is 1.96 bits per heavy atom. The third-order valence-corrected chi connectivity index (χ3v) is 5.86. The molecule has 0 aromatic rings. The van der Waals surface area contributed by atoms with Crippen LogP contribution in [0.1, 0.15) is 51.9 Å². The molecule has 136 valence electrons. The van der Waals surface area contributed by atoms with Crippen LogP contribution in [-0.4, -0.2) is 72.6 Å². The Kier molecular flexibility index (Phi) is 5.76. The van der Waals surface area contributed by atoms with Crippen molar-refractivity contribution < 1.29 is 14.3 Å². The first-order valence-corrected chi connectivity index (χ1v) is 9.51. The van der Waals surface area contributed by atoms with E-state index in [-0.39, 0.29) is 11.8 Å². The van der Waals surface area contributed by atoms with Gasteiger partial charge in [0.05, 0.1) is 13.2 Å². The van der Waals surface area contributed by atoms with Crippen molar-refractivity contribution in [2.45, 2.75) is 63.5 Å². The maximum Gasteiger partial charge on any atom is 0.245 e. The Bertz CT molecular complexity index is 458. The quantitative estimate of drug-likeness (QED) is 0.790. The second kappa shape index (κ2) is 7.83. The molecule has 3 aliphatic rings. The molecule has 1 saturated carbocycles. The van der Waals surface area contributed by atoms with Gasteiger partial charge in [-0.3, -0.25) is 14.5 Å². The summed E-state index contributed by atoms with van der Waals surface area (Å²) >= 11 is 0. The first-order chi connectivity index (χ1) is 11.6. The first kappa shape index (κ1) is 17.7. The SMILES string of the molecule is C[C@@]1(C(=O)NC2CCCC2)CCC(=O)N1CCCN1CCOCC1. The standard InChI is InChI=1S/C18H31N3O3/c1-18(17(23)19-15-5-2-3-6-15)8-7-16(22)21(18)10-4-9-20-11-13-24-14-12-20/h15H,2-14H2,1H3,(H,19,23)/t18-/m0/s1. The third-order valence-electron chi connectivity index (χ3n) is 5.86. The highest BCUT2D eigenvalue weighted by atomic mass is 16.5. The number of nitrogens with one attached hydrogen (secondary N) is 1. The van der Waals surface area contributed by atoms with Crippen LogP contribution in [0.2, 0.25) is 0 Å². The molecular weight excluding hydrogens is 306 g/mol. The van der Waals surface area contributed by atoms with Gasteiger partial charge in [-0.05, 0) is 32.6 Å². The van der Waals surface area contributed by atoms with E-state index in [0.717, 1.165) is 52.1 Å². The van der Waals surface area contributed by atoms with Crippen molar-refractivity contribution in [2.24, 2.45) is 0 Å². The van der Waals surface area contributed by atoms with E-state index in [0.29, 0.717) is 25.4 Å². The summed E-state index contributed by atoms with van der Waals surface area (Å²) in [6.07, 6.45) is 6.60. The number of carbonyl (C=O) groups is 2. The maximum atomic E-state index is 12.8. The van der Waals surface area contributed by atoms with Crippen LogP contribution >= 0.6 is 0 Å². The Hall–Kier alpha value is -1.14. The second-order valence-corrected chi connectivity index (χ2v) is 7.58. The molecule has 0 aromatic heterocycles. The number of hydrogen-bond donors (Lipinski definition) is 1. The molecule has 2 saturated heterocycles. The van der Waals surface area contributed by atoms with Gasteiger partial charge in [0.15, 0.2) is 0 Å². The van der Waals surface area contributed by atoms with Crippen molar-refractivity contribution in [3.63, 3.8) is 0 Å². The molecular formula is C18H31N3O3. The Morgan fingerprint density at radius 3 is 2.67 bits per heavy atom. The van der Waals surface area contributed by atoms with E-state index in [1.54, 1.807) is 0 Å². The summed E-state index contributed by atoms with van der Waals surface area (Å²) < 4.78 is 5.37. The largest absolute Gasteiger partial charge is 0.379 e. The summed E-state index contributed by atoms with van der Waals surface area (Å²) in [5.41, 5.74) is -0.662. The predicted molar refractivity (Wildman–Crippen MR) is 91.6 cm³/mol. The molecule has 0 bridgehead atoms. The van der Waals surface area contributed by atoms with Crippen LogP contribution in [0.15, 0.2) is 0 Å². The van der Waals surface area contributed by atoms with Gasteiger partial charge in [-0.15, -0.1) is 0 Å². The molecule has 6 heteroatoms. The topological polar surface area (TPSA) is 61.9 Å². The highest BCUT2D eigenvalue weighted by Gasteiger charge is 2.47. The van der Waals surface area contributed by atoms with Crippen molar-refractivity contribution >= 4 is 11.8 Å². The van der Waals surface area contributed by atoms with Crippen molar-refractivity contribution in [3.05, 3.63) is 0 Å². The van der Waals surface area contributed by atoms with Gasteiger partial charge < -0.3 is 15.0 Å². The minimum absolute atomic E-state index is 0.0478. The third kappa shape index (κ3) is 3.91. The summed E-state index contributed by atoms with van der Waals surface area (Å²) in [4.78, 5) is 29.3. The molecule has 3 rings (SSSR count). The normalized spacial score (nSPS) is 29.4. The van der Waals surface area contributed by atoms with Crippen LogP contribution < -0.4 is 5.32 Å². The Balaban J connectivity index is 1.52. The molecule has 2 aliphatic heterocycles. The average molecular weight is 337 g/mol. The fourth-order valence-electron chi connectivity index (χ4n) is 4.19. The maximum absolute atomic E-state index is 12.8. The molecule has 2 amide bonds. The molecule has 6 nitrogen and oxygen atoms in total. The molecule has 1 atom stereocenters. The van der Waals surface area contributed by atoms with Crippen molar-refractivity contribution in [2.75, 3.05) is 39.4 Å². The van der Waals surface area contributed by atoms with Gasteiger partial charge in [-0.2, -0.15) is 0 Å². The molecule has 1 aliphatic carbocycles. The van der Waals surface area contributed by atoms with Gasteiger partial charge >= 0.3 is 0 Å². The summed E-state index contributed by atoms with van der Waals surface area (Å²) in [5.74, 6) is 0.174. The lowest BCUT2D eigenvalue weighted by Gasteiger charge is -2.35. The van der Waals surface area contributed by atoms with E-state index in [9.17, 15) is 9.59 Å². The number of likely N-dealkylation sites (tertiary alicyclic amines) is 1. The second-order valence-electron chi connectivity index (χ2n) is 7.58. The van der Waals surface area contributed by atoms with Crippen molar-refractivity contribution in [1.29, 1.82) is 0 Å². The van der Waals surface area contributed by atoms with Gasteiger partial charge in [0, 0.05) is 38.6 Å². The Labute approximate surface area is 144 Å². The number of carbonyl (C=O) groups excluding carboxylic acids is 2. The number of rotatable bonds is 6. The summed E-state index contributed by atoms with van der Waals surface area (Å²) in [6.45, 7) is 7.10. The fraction of sp³-hybridized carbons (Fsp3) is 0.889. The van der Waals surface area contributed by atoms with Crippen molar-refractivity contribution in [3.8, 4) is 0 Å². The molecule has 0 radical (unpaired) electrons. The molecule has 3 fully saturated rings. The zero-order chi connectivity index (χ0) is 17.0. The summed E-state index contributed by atoms with van der Waals surface area (Å²) in [5, 5.41) is 3.19. The highest BCUT2D eigenvalue weighted by Crippen LogP contribution is 2.31.